The molecule has 1 aliphatic carbocycles. The van der Waals surface area contributed by atoms with Crippen molar-refractivity contribution in [3.05, 3.63) is 15.6 Å². The fraction of sp³-hybridized carbons (Fsp3) is 0.733. The third kappa shape index (κ3) is 2.61. The Hall–Kier alpha value is -0.740. The molecule has 2 atom stereocenters. The molecular weight excluding hydrogens is 256 g/mol. The third-order valence-electron chi connectivity index (χ3n) is 4.64. The monoisotopic (exact) mass is 278 g/mol. The molecule has 0 bridgehead atoms. The topological polar surface area (TPSA) is 33.2 Å². The number of rotatable bonds is 3. The lowest BCUT2D eigenvalue weighted by Crippen LogP contribution is -2.36. The first-order chi connectivity index (χ1) is 9.15. The van der Waals surface area contributed by atoms with Crippen LogP contribution in [0.1, 0.15) is 47.7 Å². The Kier molecular flexibility index (Phi) is 3.72. The molecule has 0 amide bonds. The average Bonchev–Trinajstić information content (AvgIpc) is 3.03. The Labute approximate surface area is 119 Å². The predicted molar refractivity (Wildman–Crippen MR) is 77.4 cm³/mol. The van der Waals surface area contributed by atoms with Crippen LogP contribution >= 0.6 is 11.3 Å². The number of Topliss-reactive ketones (excluding diaryl/α,β-unsaturated/α-hetero) is 1. The largest absolute Gasteiger partial charge is 0.299 e. The van der Waals surface area contributed by atoms with Crippen LogP contribution in [0.2, 0.25) is 0 Å². The number of thiazole rings is 1. The van der Waals surface area contributed by atoms with Crippen molar-refractivity contribution in [1.29, 1.82) is 0 Å². The van der Waals surface area contributed by atoms with Gasteiger partial charge in [-0.1, -0.05) is 0 Å². The maximum atomic E-state index is 12.0. The minimum absolute atomic E-state index is 0.310. The van der Waals surface area contributed by atoms with E-state index in [1.54, 1.807) is 0 Å². The molecule has 3 nitrogen and oxygen atoms in total. The summed E-state index contributed by atoms with van der Waals surface area (Å²) in [7, 11) is 0. The van der Waals surface area contributed by atoms with Gasteiger partial charge < -0.3 is 0 Å². The second-order valence-electron chi connectivity index (χ2n) is 5.89. The second-order valence-corrected chi connectivity index (χ2v) is 7.18. The molecule has 3 rings (SSSR count). The number of hydrogen-bond donors (Lipinski definition) is 0. The van der Waals surface area contributed by atoms with Gasteiger partial charge in [0, 0.05) is 23.3 Å². The van der Waals surface area contributed by atoms with Gasteiger partial charge in [-0.2, -0.15) is 0 Å². The van der Waals surface area contributed by atoms with E-state index in [-0.39, 0.29) is 0 Å². The normalized spacial score (nSPS) is 28.4. The van der Waals surface area contributed by atoms with E-state index < -0.39 is 0 Å². The molecule has 19 heavy (non-hydrogen) atoms. The minimum atomic E-state index is 0.310. The lowest BCUT2D eigenvalue weighted by molar-refractivity contribution is -0.122. The van der Waals surface area contributed by atoms with E-state index in [9.17, 15) is 4.79 Å². The van der Waals surface area contributed by atoms with E-state index >= 15 is 0 Å². The van der Waals surface area contributed by atoms with Gasteiger partial charge in [0.1, 0.15) is 10.8 Å². The SMILES string of the molecule is Cc1nc(CN2CCCC2C2CCCC2=O)sc1C. The van der Waals surface area contributed by atoms with Crippen LogP contribution in [-0.4, -0.2) is 28.3 Å². The summed E-state index contributed by atoms with van der Waals surface area (Å²) in [6.45, 7) is 6.29. The number of aryl methyl sites for hydroxylation is 2. The summed E-state index contributed by atoms with van der Waals surface area (Å²) < 4.78 is 0. The highest BCUT2D eigenvalue weighted by molar-refractivity contribution is 7.11. The Morgan fingerprint density at radius 1 is 1.32 bits per heavy atom. The standard InChI is InChI=1S/C15H22N2OS/c1-10-11(2)19-15(16-10)9-17-8-4-6-13(17)12-5-3-7-14(12)18/h12-13H,3-9H2,1-2H3. The van der Waals surface area contributed by atoms with Crippen molar-refractivity contribution in [2.45, 2.75) is 58.5 Å². The molecule has 1 saturated heterocycles. The highest BCUT2D eigenvalue weighted by Gasteiger charge is 2.38. The molecule has 4 heteroatoms. The molecule has 1 aromatic rings. The van der Waals surface area contributed by atoms with Gasteiger partial charge in [-0.15, -0.1) is 11.3 Å². The number of likely N-dealkylation sites (tertiary alicyclic amines) is 1. The second kappa shape index (κ2) is 5.33. The molecule has 0 spiro atoms. The van der Waals surface area contributed by atoms with Crippen LogP contribution < -0.4 is 0 Å². The highest BCUT2D eigenvalue weighted by atomic mass is 32.1. The molecule has 2 aliphatic rings. The maximum absolute atomic E-state index is 12.0. The van der Waals surface area contributed by atoms with Crippen LogP contribution in [0.5, 0.6) is 0 Å². The number of hydrogen-bond acceptors (Lipinski definition) is 4. The van der Waals surface area contributed by atoms with Gasteiger partial charge in [-0.05, 0) is 46.1 Å². The van der Waals surface area contributed by atoms with Crippen molar-refractivity contribution in [2.24, 2.45) is 5.92 Å². The fourth-order valence-corrected chi connectivity index (χ4v) is 4.49. The minimum Gasteiger partial charge on any atom is -0.299 e. The van der Waals surface area contributed by atoms with Crippen molar-refractivity contribution < 1.29 is 4.79 Å². The number of nitrogens with zero attached hydrogens (tertiary/aromatic N) is 2. The predicted octanol–water partition coefficient (Wildman–Crippen LogP) is 3.09. The maximum Gasteiger partial charge on any atom is 0.137 e. The first-order valence-electron chi connectivity index (χ1n) is 7.35. The van der Waals surface area contributed by atoms with Crippen LogP contribution in [0.25, 0.3) is 0 Å². The molecule has 1 aliphatic heterocycles. The zero-order valence-electron chi connectivity index (χ0n) is 11.8. The van der Waals surface area contributed by atoms with Gasteiger partial charge in [-0.3, -0.25) is 9.69 Å². The van der Waals surface area contributed by atoms with Crippen LogP contribution in [0, 0.1) is 19.8 Å². The van der Waals surface area contributed by atoms with Crippen LogP contribution in [0.4, 0.5) is 0 Å². The smallest absolute Gasteiger partial charge is 0.137 e. The molecule has 1 saturated carbocycles. The van der Waals surface area contributed by atoms with E-state index in [4.69, 9.17) is 0 Å². The molecule has 0 N–H and O–H groups in total. The third-order valence-corrected chi connectivity index (χ3v) is 5.70. The van der Waals surface area contributed by atoms with Gasteiger partial charge in [0.05, 0.1) is 12.2 Å². The van der Waals surface area contributed by atoms with Gasteiger partial charge in [0.25, 0.3) is 0 Å². The average molecular weight is 278 g/mol. The number of ketones is 1. The summed E-state index contributed by atoms with van der Waals surface area (Å²) in [5, 5.41) is 1.22. The first-order valence-corrected chi connectivity index (χ1v) is 8.16. The molecule has 104 valence electrons. The van der Waals surface area contributed by atoms with Crippen molar-refractivity contribution in [3.63, 3.8) is 0 Å². The summed E-state index contributed by atoms with van der Waals surface area (Å²) in [6, 6.07) is 0.486. The summed E-state index contributed by atoms with van der Waals surface area (Å²) >= 11 is 1.81. The molecule has 0 aromatic carbocycles. The number of carbonyl (C=O) groups excluding carboxylic acids is 1. The summed E-state index contributed by atoms with van der Waals surface area (Å²) in [5.41, 5.74) is 1.16. The van der Waals surface area contributed by atoms with Gasteiger partial charge in [0.15, 0.2) is 0 Å². The molecule has 2 fully saturated rings. The summed E-state index contributed by atoms with van der Waals surface area (Å²) in [5.74, 6) is 0.813. The molecule has 2 unspecified atom stereocenters. The quantitative estimate of drug-likeness (QED) is 0.852. The van der Waals surface area contributed by atoms with Crippen LogP contribution in [-0.2, 0) is 11.3 Å². The first kappa shape index (κ1) is 13.3. The van der Waals surface area contributed by atoms with Crippen LogP contribution in [0.15, 0.2) is 0 Å². The lowest BCUT2D eigenvalue weighted by Gasteiger charge is -2.27. The van der Waals surface area contributed by atoms with E-state index in [1.807, 2.05) is 11.3 Å². The molecule has 2 heterocycles. The van der Waals surface area contributed by atoms with Crippen molar-refractivity contribution in [3.8, 4) is 0 Å². The van der Waals surface area contributed by atoms with Gasteiger partial charge in [-0.25, -0.2) is 4.98 Å². The number of carbonyl (C=O) groups is 1. The highest BCUT2D eigenvalue weighted by Crippen LogP contribution is 2.34. The van der Waals surface area contributed by atoms with Crippen LogP contribution in [0.3, 0.4) is 0 Å². The van der Waals surface area contributed by atoms with E-state index in [2.05, 4.69) is 23.7 Å². The zero-order valence-corrected chi connectivity index (χ0v) is 12.6. The Morgan fingerprint density at radius 3 is 2.79 bits per heavy atom. The fourth-order valence-electron chi connectivity index (χ4n) is 3.53. The Morgan fingerprint density at radius 2 is 2.16 bits per heavy atom. The van der Waals surface area contributed by atoms with E-state index in [0.29, 0.717) is 17.7 Å². The Bertz CT molecular complexity index is 463. The molecule has 0 radical (unpaired) electrons. The van der Waals surface area contributed by atoms with Crippen molar-refractivity contribution in [2.75, 3.05) is 6.54 Å². The lowest BCUT2D eigenvalue weighted by atomic mass is 9.95. The Balaban J connectivity index is 1.71. The van der Waals surface area contributed by atoms with E-state index in [1.165, 1.54) is 22.7 Å². The molecule has 1 aromatic heterocycles. The van der Waals surface area contributed by atoms with Crippen molar-refractivity contribution >= 4 is 17.1 Å². The molecular formula is C15H22N2OS. The van der Waals surface area contributed by atoms with Gasteiger partial charge in [0.2, 0.25) is 0 Å². The van der Waals surface area contributed by atoms with E-state index in [0.717, 1.165) is 38.0 Å². The van der Waals surface area contributed by atoms with Gasteiger partial charge >= 0.3 is 0 Å². The zero-order chi connectivity index (χ0) is 13.4. The number of aromatic nitrogens is 1. The van der Waals surface area contributed by atoms with Crippen molar-refractivity contribution in [1.82, 2.24) is 9.88 Å². The summed E-state index contributed by atoms with van der Waals surface area (Å²) in [6.07, 6.45) is 5.45. The summed E-state index contributed by atoms with van der Waals surface area (Å²) in [4.78, 5) is 20.5.